The number of aliphatic hydroxyl groups excluding tert-OH is 2. The van der Waals surface area contributed by atoms with Crippen molar-refractivity contribution in [2.45, 2.75) is 19.8 Å². The van der Waals surface area contributed by atoms with Crippen LogP contribution in [0.4, 0.5) is 0 Å². The number of ether oxygens (including phenoxy) is 2. The van der Waals surface area contributed by atoms with Gasteiger partial charge in [0.2, 0.25) is 0 Å². The van der Waals surface area contributed by atoms with E-state index in [0.717, 1.165) is 40.7 Å². The molecule has 4 rings (SSSR count). The number of aryl methyl sites for hydroxylation is 1. The highest BCUT2D eigenvalue weighted by molar-refractivity contribution is 5.90. The van der Waals surface area contributed by atoms with Crippen LogP contribution in [0.1, 0.15) is 30.0 Å². The first kappa shape index (κ1) is 30.7. The molecule has 0 radical (unpaired) electrons. The Kier molecular flexibility index (Phi) is 10.4. The van der Waals surface area contributed by atoms with Crippen molar-refractivity contribution in [1.82, 2.24) is 0 Å². The Bertz CT molecular complexity index is 1690. The molecule has 0 aliphatic heterocycles. The molecule has 0 saturated carbocycles. The zero-order chi connectivity index (χ0) is 30.8. The predicted octanol–water partition coefficient (Wildman–Crippen LogP) is 6.28. The predicted molar refractivity (Wildman–Crippen MR) is 167 cm³/mol. The van der Waals surface area contributed by atoms with Crippen molar-refractivity contribution in [2.24, 2.45) is 0 Å². The second kappa shape index (κ2) is 14.6. The van der Waals surface area contributed by atoms with Crippen molar-refractivity contribution in [3.63, 3.8) is 0 Å². The minimum Gasteiger partial charge on any atom is -0.423 e. The van der Waals surface area contributed by atoms with E-state index in [-0.39, 0.29) is 16.9 Å². The maximum atomic E-state index is 12.4. The summed E-state index contributed by atoms with van der Waals surface area (Å²) in [6.45, 7) is 8.16. The number of carbonyl (C=O) groups is 2. The molecule has 0 aliphatic rings. The molecule has 43 heavy (non-hydrogen) atoms. The molecule has 0 heterocycles. The van der Waals surface area contributed by atoms with E-state index in [4.69, 9.17) is 14.6 Å². The molecule has 0 bridgehead atoms. The molecule has 4 aromatic rings. The minimum atomic E-state index is -0.747. The molecule has 4 aromatic carbocycles. The lowest BCUT2D eigenvalue weighted by Gasteiger charge is -2.10. The lowest BCUT2D eigenvalue weighted by molar-refractivity contribution is -0.131. The van der Waals surface area contributed by atoms with E-state index >= 15 is 0 Å². The van der Waals surface area contributed by atoms with Crippen LogP contribution in [0.5, 0.6) is 11.5 Å². The summed E-state index contributed by atoms with van der Waals surface area (Å²) in [5.74, 6) is 5.34. The first-order chi connectivity index (χ1) is 20.8. The van der Waals surface area contributed by atoms with E-state index in [1.165, 1.54) is 5.56 Å². The summed E-state index contributed by atoms with van der Waals surface area (Å²) in [6.07, 6.45) is 2.17. The summed E-state index contributed by atoms with van der Waals surface area (Å²) in [5.41, 5.74) is 6.24. The lowest BCUT2D eigenvalue weighted by Crippen LogP contribution is -2.13. The van der Waals surface area contributed by atoms with Gasteiger partial charge in [0.15, 0.2) is 0 Å². The summed E-state index contributed by atoms with van der Waals surface area (Å²) in [4.78, 5) is 24.2. The third-order valence-corrected chi connectivity index (χ3v) is 6.59. The number of aliphatic hydroxyl groups is 2. The minimum absolute atomic E-state index is 0.0444. The maximum absolute atomic E-state index is 12.4. The van der Waals surface area contributed by atoms with Crippen LogP contribution < -0.4 is 9.47 Å². The fourth-order valence-corrected chi connectivity index (χ4v) is 4.13. The molecule has 0 spiro atoms. The van der Waals surface area contributed by atoms with E-state index in [0.29, 0.717) is 11.3 Å². The van der Waals surface area contributed by atoms with Gasteiger partial charge in [0.1, 0.15) is 11.5 Å². The fraction of sp³-hybridized carbons (Fsp3) is 0.135. The Hall–Kier alpha value is -5.22. The van der Waals surface area contributed by atoms with Gasteiger partial charge in [0.05, 0.1) is 29.9 Å². The van der Waals surface area contributed by atoms with Gasteiger partial charge in [-0.3, -0.25) is 0 Å². The number of esters is 2. The molecule has 2 N–H and O–H groups in total. The Morgan fingerprint density at radius 2 is 1.19 bits per heavy atom. The van der Waals surface area contributed by atoms with Gasteiger partial charge in [-0.2, -0.15) is 0 Å². The Morgan fingerprint density at radius 3 is 1.77 bits per heavy atom. The topological polar surface area (TPSA) is 93.1 Å². The molecule has 0 fully saturated rings. The number of rotatable bonds is 10. The zero-order valence-electron chi connectivity index (χ0n) is 23.9. The third-order valence-electron chi connectivity index (χ3n) is 6.59. The van der Waals surface area contributed by atoms with Gasteiger partial charge in [-0.05, 0) is 70.6 Å². The molecular weight excluding hydrogens is 540 g/mol. The van der Waals surface area contributed by atoms with E-state index < -0.39 is 25.2 Å². The molecule has 0 amide bonds. The highest BCUT2D eigenvalue weighted by Crippen LogP contribution is 2.29. The monoisotopic (exact) mass is 572 g/mol. The molecule has 0 aliphatic carbocycles. The largest absolute Gasteiger partial charge is 0.423 e. The number of carbonyl (C=O) groups excluding carboxylic acids is 2. The Morgan fingerprint density at radius 1 is 0.674 bits per heavy atom. The van der Waals surface area contributed by atoms with Crippen LogP contribution in [0.25, 0.3) is 22.3 Å². The third kappa shape index (κ3) is 8.17. The summed E-state index contributed by atoms with van der Waals surface area (Å²) in [7, 11) is 0. The van der Waals surface area contributed by atoms with Gasteiger partial charge in [-0.1, -0.05) is 92.9 Å². The molecule has 6 nitrogen and oxygen atoms in total. The summed E-state index contributed by atoms with van der Waals surface area (Å²) >= 11 is 0. The average Bonchev–Trinajstić information content (AvgIpc) is 3.04. The zero-order valence-corrected chi connectivity index (χ0v) is 23.9. The van der Waals surface area contributed by atoms with Crippen LogP contribution in [-0.4, -0.2) is 35.4 Å². The molecular formula is C37H32O6. The van der Waals surface area contributed by atoms with E-state index in [1.807, 2.05) is 24.3 Å². The molecule has 0 saturated heterocycles. The Labute approximate surface area is 251 Å². The van der Waals surface area contributed by atoms with Crippen LogP contribution in [0.3, 0.4) is 0 Å². The van der Waals surface area contributed by atoms with Crippen molar-refractivity contribution in [3.8, 4) is 45.6 Å². The van der Waals surface area contributed by atoms with Gasteiger partial charge >= 0.3 is 11.9 Å². The maximum Gasteiger partial charge on any atom is 0.341 e. The van der Waals surface area contributed by atoms with E-state index in [9.17, 15) is 14.7 Å². The normalized spacial score (nSPS) is 10.3. The second-order valence-corrected chi connectivity index (χ2v) is 9.81. The first-order valence-electron chi connectivity index (χ1n) is 13.8. The first-order valence-corrected chi connectivity index (χ1v) is 13.8. The van der Waals surface area contributed by atoms with Crippen LogP contribution in [0.2, 0.25) is 0 Å². The number of hydrogen-bond donors (Lipinski definition) is 2. The van der Waals surface area contributed by atoms with Crippen molar-refractivity contribution < 1.29 is 29.3 Å². The second-order valence-electron chi connectivity index (χ2n) is 9.81. The molecule has 0 atom stereocenters. The van der Waals surface area contributed by atoms with E-state index in [2.05, 4.69) is 56.2 Å². The SMILES string of the molecule is C=C(CO)C(=O)Oc1ccc(-c2ccc(OC(=O)C(=C)CO)c(C#Cc3ccc(-c4ccc(CCC)cc4)cc3)c2)cc1. The van der Waals surface area contributed by atoms with Crippen molar-refractivity contribution in [2.75, 3.05) is 13.2 Å². The number of benzene rings is 4. The van der Waals surface area contributed by atoms with Gasteiger partial charge in [-0.25, -0.2) is 9.59 Å². The lowest BCUT2D eigenvalue weighted by atomic mass is 10.0. The number of hydrogen-bond acceptors (Lipinski definition) is 6. The average molecular weight is 573 g/mol. The quantitative estimate of drug-likeness (QED) is 0.101. The van der Waals surface area contributed by atoms with Crippen molar-refractivity contribution in [3.05, 3.63) is 132 Å². The molecule has 6 heteroatoms. The molecule has 216 valence electrons. The van der Waals surface area contributed by atoms with Gasteiger partial charge in [0, 0.05) is 5.56 Å². The highest BCUT2D eigenvalue weighted by Gasteiger charge is 2.14. The summed E-state index contributed by atoms with van der Waals surface area (Å²) < 4.78 is 10.7. The highest BCUT2D eigenvalue weighted by atomic mass is 16.5. The smallest absolute Gasteiger partial charge is 0.341 e. The van der Waals surface area contributed by atoms with Crippen molar-refractivity contribution in [1.29, 1.82) is 0 Å². The Balaban J connectivity index is 1.60. The van der Waals surface area contributed by atoms with Crippen LogP contribution >= 0.6 is 0 Å². The van der Waals surface area contributed by atoms with Crippen LogP contribution in [-0.2, 0) is 16.0 Å². The van der Waals surface area contributed by atoms with Crippen LogP contribution in [0.15, 0.2) is 115 Å². The fourth-order valence-electron chi connectivity index (χ4n) is 4.13. The van der Waals surface area contributed by atoms with Gasteiger partial charge < -0.3 is 19.7 Å². The van der Waals surface area contributed by atoms with Gasteiger partial charge in [-0.15, -0.1) is 0 Å². The van der Waals surface area contributed by atoms with E-state index in [1.54, 1.807) is 42.5 Å². The van der Waals surface area contributed by atoms with Gasteiger partial charge in [0.25, 0.3) is 0 Å². The van der Waals surface area contributed by atoms with Crippen LogP contribution in [0, 0.1) is 11.8 Å². The molecule has 0 aromatic heterocycles. The summed E-state index contributed by atoms with van der Waals surface area (Å²) in [6, 6.07) is 28.5. The molecule has 0 unspecified atom stereocenters. The summed E-state index contributed by atoms with van der Waals surface area (Å²) in [5, 5.41) is 18.3. The van der Waals surface area contributed by atoms with Crippen molar-refractivity contribution >= 4 is 11.9 Å². The standard InChI is InChI=1S/C37H32O6/c1-4-5-27-6-11-29(12-7-27)30-13-8-28(9-14-30)10-15-33-22-32(18-21-35(33)43-37(41)26(3)24-39)31-16-19-34(20-17-31)42-36(40)25(2)23-38/h6-9,11-14,16-22,38-39H,2-5,23-24H2,1H3.